The lowest BCUT2D eigenvalue weighted by Crippen LogP contribution is -2.32. The summed E-state index contributed by atoms with van der Waals surface area (Å²) in [6.45, 7) is 1.88. The molecule has 0 aliphatic rings. The molecule has 1 rings (SSSR count). The first kappa shape index (κ1) is 12.9. The van der Waals surface area contributed by atoms with Gasteiger partial charge in [0.1, 0.15) is 11.0 Å². The first-order valence-corrected chi connectivity index (χ1v) is 5.19. The van der Waals surface area contributed by atoms with Gasteiger partial charge in [-0.3, -0.25) is 4.79 Å². The molecular weight excluding hydrogens is 235 g/mol. The number of nitrogens with zero attached hydrogens (tertiary/aromatic N) is 1. The van der Waals surface area contributed by atoms with Crippen molar-refractivity contribution in [3.05, 3.63) is 28.8 Å². The molecular formula is C10H12ClFN2O2. The highest BCUT2D eigenvalue weighted by Crippen LogP contribution is 2.13. The van der Waals surface area contributed by atoms with E-state index in [0.29, 0.717) is 6.42 Å². The molecule has 0 fully saturated rings. The molecule has 1 aromatic rings. The number of aliphatic hydroxyl groups is 1. The number of halogens is 2. The standard InChI is InChI=1S/C10H12ClFN2O2/c1-2-7(15)5-14-10(16)8-3-6(12)4-13-9(8)11/h3-4,7,15H,2,5H2,1H3,(H,14,16). The van der Waals surface area contributed by atoms with Gasteiger partial charge in [-0.15, -0.1) is 0 Å². The summed E-state index contributed by atoms with van der Waals surface area (Å²) >= 11 is 5.64. The van der Waals surface area contributed by atoms with Crippen LogP contribution in [0, 0.1) is 5.82 Å². The maximum absolute atomic E-state index is 12.8. The molecule has 6 heteroatoms. The number of pyridine rings is 1. The van der Waals surface area contributed by atoms with Crippen LogP contribution in [0.4, 0.5) is 4.39 Å². The minimum atomic E-state index is -0.634. The van der Waals surface area contributed by atoms with Gasteiger partial charge in [-0.1, -0.05) is 18.5 Å². The Labute approximate surface area is 97.5 Å². The van der Waals surface area contributed by atoms with E-state index in [0.717, 1.165) is 12.3 Å². The Morgan fingerprint density at radius 1 is 1.75 bits per heavy atom. The van der Waals surface area contributed by atoms with Crippen molar-refractivity contribution in [3.8, 4) is 0 Å². The average Bonchev–Trinajstić information content (AvgIpc) is 2.28. The molecule has 1 heterocycles. The van der Waals surface area contributed by atoms with Crippen LogP contribution in [0.5, 0.6) is 0 Å². The van der Waals surface area contributed by atoms with Gasteiger partial charge in [0.2, 0.25) is 0 Å². The molecule has 16 heavy (non-hydrogen) atoms. The SMILES string of the molecule is CCC(O)CNC(=O)c1cc(F)cnc1Cl. The molecule has 0 radical (unpaired) electrons. The molecule has 1 aromatic heterocycles. The van der Waals surface area contributed by atoms with Crippen LogP contribution in [-0.4, -0.2) is 28.6 Å². The van der Waals surface area contributed by atoms with Crippen LogP contribution in [0.15, 0.2) is 12.3 Å². The lowest BCUT2D eigenvalue weighted by molar-refractivity contribution is 0.0913. The summed E-state index contributed by atoms with van der Waals surface area (Å²) < 4.78 is 12.8. The maximum atomic E-state index is 12.8. The van der Waals surface area contributed by atoms with Gasteiger partial charge in [0.15, 0.2) is 0 Å². The monoisotopic (exact) mass is 246 g/mol. The Hall–Kier alpha value is -1.20. The van der Waals surface area contributed by atoms with E-state index >= 15 is 0 Å². The van der Waals surface area contributed by atoms with Crippen LogP contribution in [0.1, 0.15) is 23.7 Å². The van der Waals surface area contributed by atoms with Crippen molar-refractivity contribution < 1.29 is 14.3 Å². The second-order valence-corrected chi connectivity index (χ2v) is 3.62. The van der Waals surface area contributed by atoms with Crippen LogP contribution < -0.4 is 5.32 Å². The lowest BCUT2D eigenvalue weighted by atomic mass is 10.2. The van der Waals surface area contributed by atoms with Crippen molar-refractivity contribution in [2.45, 2.75) is 19.4 Å². The van der Waals surface area contributed by atoms with Gasteiger partial charge in [0.05, 0.1) is 17.9 Å². The molecule has 0 saturated carbocycles. The van der Waals surface area contributed by atoms with Crippen molar-refractivity contribution in [1.82, 2.24) is 10.3 Å². The van der Waals surface area contributed by atoms with Crippen molar-refractivity contribution in [3.63, 3.8) is 0 Å². The quantitative estimate of drug-likeness (QED) is 0.789. The second-order valence-electron chi connectivity index (χ2n) is 3.26. The van der Waals surface area contributed by atoms with E-state index in [9.17, 15) is 14.3 Å². The van der Waals surface area contributed by atoms with Crippen molar-refractivity contribution >= 4 is 17.5 Å². The van der Waals surface area contributed by atoms with Gasteiger partial charge < -0.3 is 10.4 Å². The van der Waals surface area contributed by atoms with E-state index in [-0.39, 0.29) is 17.3 Å². The third-order valence-electron chi connectivity index (χ3n) is 2.02. The molecule has 1 unspecified atom stereocenters. The zero-order valence-corrected chi connectivity index (χ0v) is 9.46. The molecule has 1 atom stereocenters. The van der Waals surface area contributed by atoms with Crippen molar-refractivity contribution in [2.75, 3.05) is 6.54 Å². The Kier molecular flexibility index (Phi) is 4.64. The van der Waals surface area contributed by atoms with Crippen LogP contribution >= 0.6 is 11.6 Å². The highest BCUT2D eigenvalue weighted by atomic mass is 35.5. The molecule has 1 amide bonds. The van der Waals surface area contributed by atoms with Gasteiger partial charge in [-0.2, -0.15) is 0 Å². The summed E-state index contributed by atoms with van der Waals surface area (Å²) in [5.74, 6) is -1.19. The Morgan fingerprint density at radius 2 is 2.44 bits per heavy atom. The number of carbonyl (C=O) groups excluding carboxylic acids is 1. The maximum Gasteiger partial charge on any atom is 0.254 e. The molecule has 4 nitrogen and oxygen atoms in total. The predicted octanol–water partition coefficient (Wildman–Crippen LogP) is 1.37. The molecule has 0 spiro atoms. The zero-order valence-electron chi connectivity index (χ0n) is 8.70. The molecule has 88 valence electrons. The second kappa shape index (κ2) is 5.77. The summed E-state index contributed by atoms with van der Waals surface area (Å²) in [6.07, 6.45) is 0.833. The lowest BCUT2D eigenvalue weighted by Gasteiger charge is -2.09. The third-order valence-corrected chi connectivity index (χ3v) is 2.32. The predicted molar refractivity (Wildman–Crippen MR) is 57.8 cm³/mol. The van der Waals surface area contributed by atoms with Crippen LogP contribution in [0.2, 0.25) is 5.15 Å². The largest absolute Gasteiger partial charge is 0.391 e. The fraction of sp³-hybridized carbons (Fsp3) is 0.400. The summed E-state index contributed by atoms with van der Waals surface area (Å²) in [4.78, 5) is 15.0. The Bertz CT molecular complexity index is 387. The minimum Gasteiger partial charge on any atom is -0.391 e. The summed E-state index contributed by atoms with van der Waals surface area (Å²) in [5, 5.41) is 11.6. The summed E-state index contributed by atoms with van der Waals surface area (Å²) in [7, 11) is 0. The fourth-order valence-electron chi connectivity index (χ4n) is 1.03. The summed E-state index contributed by atoms with van der Waals surface area (Å²) in [5.41, 5.74) is -0.0371. The number of rotatable bonds is 4. The van der Waals surface area contributed by atoms with Gasteiger partial charge in [-0.05, 0) is 12.5 Å². The average molecular weight is 247 g/mol. The molecule has 0 aliphatic heterocycles. The number of amides is 1. The van der Waals surface area contributed by atoms with Gasteiger partial charge in [-0.25, -0.2) is 9.37 Å². The Balaban J connectivity index is 2.69. The minimum absolute atomic E-state index is 0.0371. The van der Waals surface area contributed by atoms with Crippen LogP contribution in [0.25, 0.3) is 0 Å². The smallest absolute Gasteiger partial charge is 0.254 e. The fourth-order valence-corrected chi connectivity index (χ4v) is 1.22. The normalized spacial score (nSPS) is 12.2. The number of aromatic nitrogens is 1. The van der Waals surface area contributed by atoms with E-state index in [4.69, 9.17) is 11.6 Å². The molecule has 0 aliphatic carbocycles. The first-order chi connectivity index (χ1) is 7.54. The van der Waals surface area contributed by atoms with Crippen molar-refractivity contribution in [1.29, 1.82) is 0 Å². The van der Waals surface area contributed by atoms with Gasteiger partial charge in [0, 0.05) is 6.54 Å². The molecule has 0 saturated heterocycles. The van der Waals surface area contributed by atoms with Crippen molar-refractivity contribution in [2.24, 2.45) is 0 Å². The van der Waals surface area contributed by atoms with E-state index in [1.165, 1.54) is 0 Å². The van der Waals surface area contributed by atoms with E-state index in [2.05, 4.69) is 10.3 Å². The molecule has 0 bridgehead atoms. The highest BCUT2D eigenvalue weighted by molar-refractivity contribution is 6.32. The number of hydrogen-bond donors (Lipinski definition) is 2. The summed E-state index contributed by atoms with van der Waals surface area (Å²) in [6, 6.07) is 1.00. The highest BCUT2D eigenvalue weighted by Gasteiger charge is 2.13. The first-order valence-electron chi connectivity index (χ1n) is 4.82. The Morgan fingerprint density at radius 3 is 3.06 bits per heavy atom. The van der Waals surface area contributed by atoms with Crippen LogP contribution in [0.3, 0.4) is 0 Å². The molecule has 2 N–H and O–H groups in total. The van der Waals surface area contributed by atoms with Crippen LogP contribution in [-0.2, 0) is 0 Å². The zero-order chi connectivity index (χ0) is 12.1. The van der Waals surface area contributed by atoms with E-state index in [1.807, 2.05) is 0 Å². The molecule has 0 aromatic carbocycles. The number of aliphatic hydroxyl groups excluding tert-OH is 1. The third kappa shape index (κ3) is 3.43. The van der Waals surface area contributed by atoms with Gasteiger partial charge >= 0.3 is 0 Å². The van der Waals surface area contributed by atoms with Gasteiger partial charge in [0.25, 0.3) is 5.91 Å². The number of nitrogens with one attached hydrogen (secondary N) is 1. The number of carbonyl (C=O) groups is 1. The van der Waals surface area contributed by atoms with E-state index in [1.54, 1.807) is 6.92 Å². The van der Waals surface area contributed by atoms with E-state index < -0.39 is 17.8 Å². The number of hydrogen-bond acceptors (Lipinski definition) is 3. The topological polar surface area (TPSA) is 62.2 Å².